The Labute approximate surface area is 113 Å². The van der Waals surface area contributed by atoms with Crippen molar-refractivity contribution in [3.8, 4) is 0 Å². The average Bonchev–Trinajstić information content (AvgIpc) is 2.79. The molecular weight excluding hydrogens is 224 g/mol. The van der Waals surface area contributed by atoms with Crippen molar-refractivity contribution >= 4 is 0 Å². The van der Waals surface area contributed by atoms with Gasteiger partial charge < -0.3 is 9.47 Å². The molecule has 2 nitrogen and oxygen atoms in total. The highest BCUT2D eigenvalue weighted by atomic mass is 16.7. The van der Waals surface area contributed by atoms with E-state index in [4.69, 9.17) is 9.47 Å². The molecule has 0 saturated carbocycles. The number of hydrogen-bond acceptors (Lipinski definition) is 2. The number of ether oxygens (including phenoxy) is 2. The molecule has 2 heteroatoms. The molecule has 0 radical (unpaired) electrons. The summed E-state index contributed by atoms with van der Waals surface area (Å²) in [6.45, 7) is 4.29. The molecule has 0 aromatic rings. The van der Waals surface area contributed by atoms with E-state index in [2.05, 4.69) is 6.92 Å². The minimum Gasteiger partial charge on any atom is -0.457 e. The van der Waals surface area contributed by atoms with Crippen LogP contribution in [0.15, 0.2) is 12.5 Å². The molecule has 0 bridgehead atoms. The lowest BCUT2D eigenvalue weighted by molar-refractivity contribution is -0.131. The van der Waals surface area contributed by atoms with Crippen LogP contribution in [0.4, 0.5) is 0 Å². The van der Waals surface area contributed by atoms with Crippen LogP contribution in [0.1, 0.15) is 84.5 Å². The minimum atomic E-state index is -0.375. The predicted molar refractivity (Wildman–Crippen MR) is 76.2 cm³/mol. The van der Waals surface area contributed by atoms with Gasteiger partial charge in [-0.1, -0.05) is 64.7 Å². The van der Waals surface area contributed by atoms with Gasteiger partial charge in [0.1, 0.15) is 12.5 Å². The normalized spacial score (nSPS) is 16.6. The van der Waals surface area contributed by atoms with E-state index in [0.717, 1.165) is 6.42 Å². The molecule has 0 fully saturated rings. The molecule has 1 rings (SSSR count). The summed E-state index contributed by atoms with van der Waals surface area (Å²) in [4.78, 5) is 0. The molecular formula is C16H30O2. The molecule has 0 aromatic carbocycles. The maximum absolute atomic E-state index is 5.42. The molecule has 0 amide bonds. The van der Waals surface area contributed by atoms with Gasteiger partial charge >= 0.3 is 0 Å². The second-order valence-electron chi connectivity index (χ2n) is 5.57. The molecule has 0 N–H and O–H groups in total. The van der Waals surface area contributed by atoms with Crippen molar-refractivity contribution in [1.29, 1.82) is 0 Å². The fourth-order valence-electron chi connectivity index (χ4n) is 2.42. The monoisotopic (exact) mass is 254 g/mol. The van der Waals surface area contributed by atoms with Gasteiger partial charge in [-0.15, -0.1) is 0 Å². The molecule has 0 atom stereocenters. The zero-order chi connectivity index (χ0) is 13.1. The van der Waals surface area contributed by atoms with E-state index in [1.54, 1.807) is 12.5 Å². The quantitative estimate of drug-likeness (QED) is 0.451. The number of hydrogen-bond donors (Lipinski definition) is 0. The first-order valence-electron chi connectivity index (χ1n) is 7.77. The van der Waals surface area contributed by atoms with E-state index in [-0.39, 0.29) is 5.79 Å². The summed E-state index contributed by atoms with van der Waals surface area (Å²) < 4.78 is 10.8. The molecule has 0 aliphatic carbocycles. The van der Waals surface area contributed by atoms with Crippen molar-refractivity contribution in [2.75, 3.05) is 0 Å². The highest BCUT2D eigenvalue weighted by Gasteiger charge is 2.28. The SMILES string of the molecule is CCCCCCCCCCCCC1(C)OC=CO1. The van der Waals surface area contributed by atoms with E-state index < -0.39 is 0 Å². The first-order valence-corrected chi connectivity index (χ1v) is 7.77. The summed E-state index contributed by atoms with van der Waals surface area (Å²) in [5.74, 6) is -0.375. The zero-order valence-electron chi connectivity index (χ0n) is 12.2. The third kappa shape index (κ3) is 6.93. The molecule has 18 heavy (non-hydrogen) atoms. The minimum absolute atomic E-state index is 0.375. The molecule has 1 aliphatic rings. The van der Waals surface area contributed by atoms with E-state index in [0.29, 0.717) is 0 Å². The van der Waals surface area contributed by atoms with Crippen molar-refractivity contribution in [2.45, 2.75) is 90.3 Å². The highest BCUT2D eigenvalue weighted by molar-refractivity contribution is 4.79. The predicted octanol–water partition coefficient (Wildman–Crippen LogP) is 5.53. The van der Waals surface area contributed by atoms with Gasteiger partial charge in [0.05, 0.1) is 0 Å². The maximum atomic E-state index is 5.42. The van der Waals surface area contributed by atoms with Crippen LogP contribution in [0, 0.1) is 0 Å². The lowest BCUT2D eigenvalue weighted by Gasteiger charge is -2.22. The Morgan fingerprint density at radius 2 is 1.17 bits per heavy atom. The van der Waals surface area contributed by atoms with Gasteiger partial charge in [-0.25, -0.2) is 0 Å². The summed E-state index contributed by atoms with van der Waals surface area (Å²) in [7, 11) is 0. The lowest BCUT2D eigenvalue weighted by Crippen LogP contribution is -2.24. The average molecular weight is 254 g/mol. The van der Waals surface area contributed by atoms with Crippen molar-refractivity contribution in [3.63, 3.8) is 0 Å². The van der Waals surface area contributed by atoms with Crippen LogP contribution < -0.4 is 0 Å². The van der Waals surface area contributed by atoms with E-state index in [1.165, 1.54) is 64.2 Å². The molecule has 1 aliphatic heterocycles. The number of rotatable bonds is 11. The Morgan fingerprint density at radius 1 is 0.722 bits per heavy atom. The Kier molecular flexibility index (Phi) is 7.95. The van der Waals surface area contributed by atoms with Gasteiger partial charge in [0.15, 0.2) is 0 Å². The third-order valence-electron chi connectivity index (χ3n) is 3.67. The van der Waals surface area contributed by atoms with Gasteiger partial charge in [0.2, 0.25) is 5.79 Å². The van der Waals surface area contributed by atoms with Crippen LogP contribution in [-0.4, -0.2) is 5.79 Å². The molecule has 0 aromatic heterocycles. The zero-order valence-corrected chi connectivity index (χ0v) is 12.2. The van der Waals surface area contributed by atoms with Crippen LogP contribution in [0.3, 0.4) is 0 Å². The summed E-state index contributed by atoms with van der Waals surface area (Å²) in [5, 5.41) is 0. The van der Waals surface area contributed by atoms with Crippen LogP contribution in [0.2, 0.25) is 0 Å². The van der Waals surface area contributed by atoms with Gasteiger partial charge in [-0.05, 0) is 6.42 Å². The fourth-order valence-corrected chi connectivity index (χ4v) is 2.42. The Hall–Kier alpha value is -0.660. The molecule has 1 heterocycles. The second kappa shape index (κ2) is 9.29. The Bertz CT molecular complexity index is 215. The van der Waals surface area contributed by atoms with Gasteiger partial charge in [-0.3, -0.25) is 0 Å². The van der Waals surface area contributed by atoms with E-state index in [1.807, 2.05) is 6.92 Å². The fraction of sp³-hybridized carbons (Fsp3) is 0.875. The van der Waals surface area contributed by atoms with Crippen molar-refractivity contribution in [2.24, 2.45) is 0 Å². The van der Waals surface area contributed by atoms with E-state index in [9.17, 15) is 0 Å². The smallest absolute Gasteiger partial charge is 0.247 e. The molecule has 106 valence electrons. The van der Waals surface area contributed by atoms with Gasteiger partial charge in [0, 0.05) is 13.3 Å². The van der Waals surface area contributed by atoms with Crippen molar-refractivity contribution in [1.82, 2.24) is 0 Å². The van der Waals surface area contributed by atoms with E-state index >= 15 is 0 Å². The summed E-state index contributed by atoms with van der Waals surface area (Å²) in [6, 6.07) is 0. The molecule has 0 spiro atoms. The molecule has 0 unspecified atom stereocenters. The van der Waals surface area contributed by atoms with Crippen LogP contribution >= 0.6 is 0 Å². The van der Waals surface area contributed by atoms with Gasteiger partial charge in [0.25, 0.3) is 0 Å². The van der Waals surface area contributed by atoms with Crippen LogP contribution in [0.25, 0.3) is 0 Å². The third-order valence-corrected chi connectivity index (χ3v) is 3.67. The van der Waals surface area contributed by atoms with Crippen molar-refractivity contribution in [3.05, 3.63) is 12.5 Å². The Balaban J connectivity index is 1.79. The standard InChI is InChI=1S/C16H30O2/c1-3-4-5-6-7-8-9-10-11-12-13-16(2)17-14-15-18-16/h14-15H,3-13H2,1-2H3. The van der Waals surface area contributed by atoms with Crippen LogP contribution in [0.5, 0.6) is 0 Å². The first-order chi connectivity index (χ1) is 8.77. The largest absolute Gasteiger partial charge is 0.457 e. The second-order valence-corrected chi connectivity index (χ2v) is 5.57. The topological polar surface area (TPSA) is 18.5 Å². The summed E-state index contributed by atoms with van der Waals surface area (Å²) >= 11 is 0. The lowest BCUT2D eigenvalue weighted by atomic mass is 10.0. The summed E-state index contributed by atoms with van der Waals surface area (Å²) in [6.07, 6.45) is 18.0. The first kappa shape index (κ1) is 15.4. The maximum Gasteiger partial charge on any atom is 0.247 e. The number of unbranched alkanes of at least 4 members (excludes halogenated alkanes) is 9. The van der Waals surface area contributed by atoms with Gasteiger partial charge in [-0.2, -0.15) is 0 Å². The van der Waals surface area contributed by atoms with Crippen molar-refractivity contribution < 1.29 is 9.47 Å². The summed E-state index contributed by atoms with van der Waals surface area (Å²) in [5.41, 5.74) is 0. The Morgan fingerprint density at radius 3 is 1.67 bits per heavy atom. The highest BCUT2D eigenvalue weighted by Crippen LogP contribution is 2.26. The molecule has 0 saturated heterocycles. The van der Waals surface area contributed by atoms with Crippen LogP contribution in [-0.2, 0) is 9.47 Å².